The number of aryl methyl sites for hydroxylation is 3. The van der Waals surface area contributed by atoms with Crippen LogP contribution >= 0.6 is 0 Å². The molecule has 2 aliphatic carbocycles. The van der Waals surface area contributed by atoms with E-state index in [1.54, 1.807) is 18.2 Å². The summed E-state index contributed by atoms with van der Waals surface area (Å²) in [5.74, 6) is 1.34. The van der Waals surface area contributed by atoms with E-state index in [1.807, 2.05) is 37.3 Å². The van der Waals surface area contributed by atoms with Gasteiger partial charge in [0.2, 0.25) is 0 Å². The van der Waals surface area contributed by atoms with Crippen molar-refractivity contribution in [1.29, 1.82) is 0 Å². The molecular formula is C36H38NO5S+. The van der Waals surface area contributed by atoms with Gasteiger partial charge in [-0.15, -0.1) is 0 Å². The summed E-state index contributed by atoms with van der Waals surface area (Å²) in [7, 11) is -4.46. The molecule has 0 aromatic heterocycles. The number of para-hydroxylation sites is 2. The second-order valence-electron chi connectivity index (χ2n) is 11.6. The van der Waals surface area contributed by atoms with Crippen molar-refractivity contribution in [3.8, 4) is 5.75 Å². The first-order valence-electron chi connectivity index (χ1n) is 14.9. The van der Waals surface area contributed by atoms with Crippen LogP contribution in [0, 0.1) is 26.7 Å². The highest BCUT2D eigenvalue weighted by Crippen LogP contribution is 2.46. The number of quaternary nitrogens is 1. The molecule has 5 unspecified atom stereocenters. The third kappa shape index (κ3) is 5.60. The molecule has 222 valence electrons. The largest absolute Gasteiger partial charge is 0.489 e. The number of rotatable bonds is 7. The zero-order chi connectivity index (χ0) is 30.3. The second-order valence-corrected chi connectivity index (χ2v) is 13.0. The van der Waals surface area contributed by atoms with Crippen molar-refractivity contribution in [3.63, 3.8) is 0 Å². The average Bonchev–Trinajstić information content (AvgIpc) is 2.98. The Kier molecular flexibility index (Phi) is 7.90. The fraction of sp³-hybridized carbons (Fsp3) is 0.278. The van der Waals surface area contributed by atoms with E-state index in [4.69, 9.17) is 9.47 Å². The number of allylic oxidation sites excluding steroid dienone is 1. The molecule has 0 radical (unpaired) electrons. The van der Waals surface area contributed by atoms with E-state index >= 15 is 0 Å². The van der Waals surface area contributed by atoms with Crippen LogP contribution in [0.15, 0.2) is 113 Å². The first kappa shape index (κ1) is 29.2. The molecule has 6 rings (SSSR count). The number of ether oxygens (including phenoxy) is 2. The number of benzene rings is 3. The van der Waals surface area contributed by atoms with Crippen molar-refractivity contribution >= 4 is 21.4 Å². The quantitative estimate of drug-likeness (QED) is 0.255. The van der Waals surface area contributed by atoms with Gasteiger partial charge in [0.15, 0.2) is 0 Å². The summed E-state index contributed by atoms with van der Waals surface area (Å²) >= 11 is 0. The van der Waals surface area contributed by atoms with Crippen LogP contribution in [0.3, 0.4) is 0 Å². The summed E-state index contributed by atoms with van der Waals surface area (Å²) in [6.07, 6.45) is 10.6. The zero-order valence-electron chi connectivity index (χ0n) is 24.9. The maximum atomic E-state index is 12.5. The minimum absolute atomic E-state index is 0.0244. The number of fused-ring (bicyclic) bond motifs is 2. The van der Waals surface area contributed by atoms with E-state index in [2.05, 4.69) is 63.3 Å². The lowest BCUT2D eigenvalue weighted by Crippen LogP contribution is -3.11. The highest BCUT2D eigenvalue weighted by atomic mass is 32.2. The van der Waals surface area contributed by atoms with E-state index < -0.39 is 10.1 Å². The van der Waals surface area contributed by atoms with Gasteiger partial charge in [0, 0.05) is 40.7 Å². The molecule has 6 nitrogen and oxygen atoms in total. The molecule has 7 heteroatoms. The van der Waals surface area contributed by atoms with Crippen molar-refractivity contribution in [3.05, 3.63) is 131 Å². The highest BCUT2D eigenvalue weighted by molar-refractivity contribution is 7.86. The highest BCUT2D eigenvalue weighted by Gasteiger charge is 2.41. The summed E-state index contributed by atoms with van der Waals surface area (Å²) in [5, 5.41) is 0. The Morgan fingerprint density at radius 3 is 2.33 bits per heavy atom. The third-order valence-corrected chi connectivity index (χ3v) is 9.69. The molecule has 3 aromatic carbocycles. The molecule has 2 N–H and O–H groups in total. The van der Waals surface area contributed by atoms with Crippen LogP contribution < -0.4 is 9.64 Å². The second kappa shape index (κ2) is 11.6. The molecular weight excluding hydrogens is 558 g/mol. The summed E-state index contributed by atoms with van der Waals surface area (Å²) < 4.78 is 48.4. The molecule has 0 fully saturated rings. The Morgan fingerprint density at radius 1 is 0.907 bits per heavy atom. The van der Waals surface area contributed by atoms with Gasteiger partial charge in [-0.1, -0.05) is 60.7 Å². The minimum atomic E-state index is -4.46. The van der Waals surface area contributed by atoms with Crippen LogP contribution in [0.25, 0.3) is 5.57 Å². The fourth-order valence-corrected chi connectivity index (χ4v) is 7.48. The van der Waals surface area contributed by atoms with Crippen LogP contribution in [0.2, 0.25) is 0 Å². The summed E-state index contributed by atoms with van der Waals surface area (Å²) in [6, 6.07) is 21.0. The van der Waals surface area contributed by atoms with Gasteiger partial charge in [-0.2, -0.15) is 8.42 Å². The monoisotopic (exact) mass is 596 g/mol. The van der Waals surface area contributed by atoms with Gasteiger partial charge >= 0.3 is 0 Å². The standard InChI is InChI=1S/C36H37NO5S/c1-5-37(36-24(3)12-10-13-25(36)4)26-17-19-28-32(21-26)42-33-22-27(41-31-15-8-6-11-23(31)2)18-20-29(33)35(28)30-14-7-9-16-34(30)43(38,39)40/h6-21,26-27,29,33H,5,22H2,1-4H3,(H,38,39,40)/p+1. The third-order valence-electron chi connectivity index (χ3n) is 8.78. The first-order valence-corrected chi connectivity index (χ1v) is 16.3. The molecule has 0 amide bonds. The molecule has 1 aliphatic heterocycles. The van der Waals surface area contributed by atoms with Crippen molar-refractivity contribution in [2.24, 2.45) is 5.92 Å². The van der Waals surface area contributed by atoms with Crippen molar-refractivity contribution in [2.75, 3.05) is 6.54 Å². The molecule has 3 aliphatic rings. The first-order chi connectivity index (χ1) is 20.7. The van der Waals surface area contributed by atoms with Gasteiger partial charge in [-0.05, 0) is 69.2 Å². The molecule has 0 saturated carbocycles. The van der Waals surface area contributed by atoms with Gasteiger partial charge < -0.3 is 9.47 Å². The van der Waals surface area contributed by atoms with Gasteiger partial charge in [0.25, 0.3) is 10.1 Å². The van der Waals surface area contributed by atoms with Crippen molar-refractivity contribution < 1.29 is 27.3 Å². The smallest absolute Gasteiger partial charge is 0.295 e. The lowest BCUT2D eigenvalue weighted by atomic mass is 9.76. The average molecular weight is 597 g/mol. The molecule has 3 aromatic rings. The van der Waals surface area contributed by atoms with Crippen LogP contribution in [0.4, 0.5) is 5.69 Å². The SMILES string of the molecule is CC[NH+](c1c(C)cccc1C)C1C=CC2=C(c3ccccc3S(=O)(=O)O)C3C=CC(Oc4ccccc4C)CC3OC2=C1. The minimum Gasteiger partial charge on any atom is -0.489 e. The lowest BCUT2D eigenvalue weighted by Gasteiger charge is -2.41. The summed E-state index contributed by atoms with van der Waals surface area (Å²) in [5.41, 5.74) is 6.99. The lowest BCUT2D eigenvalue weighted by molar-refractivity contribution is -0.844. The fourth-order valence-electron chi connectivity index (χ4n) is 6.78. The van der Waals surface area contributed by atoms with Crippen LogP contribution in [-0.2, 0) is 14.9 Å². The zero-order valence-corrected chi connectivity index (χ0v) is 25.8. The van der Waals surface area contributed by atoms with E-state index in [0.717, 1.165) is 34.8 Å². The van der Waals surface area contributed by atoms with Gasteiger partial charge in [0.05, 0.1) is 6.54 Å². The van der Waals surface area contributed by atoms with Crippen LogP contribution in [0.5, 0.6) is 5.75 Å². The van der Waals surface area contributed by atoms with Crippen LogP contribution in [-0.4, -0.2) is 37.8 Å². The maximum absolute atomic E-state index is 12.5. The Balaban J connectivity index is 1.45. The summed E-state index contributed by atoms with van der Waals surface area (Å²) in [4.78, 5) is 1.21. The van der Waals surface area contributed by atoms with Crippen molar-refractivity contribution in [1.82, 2.24) is 0 Å². The number of likely N-dealkylation sites (N-methyl/N-ethyl adjacent to an activating group) is 1. The van der Waals surface area contributed by atoms with E-state index in [-0.39, 0.29) is 29.1 Å². The predicted molar refractivity (Wildman–Crippen MR) is 169 cm³/mol. The predicted octanol–water partition coefficient (Wildman–Crippen LogP) is 6.09. The molecule has 5 atom stereocenters. The Morgan fingerprint density at radius 2 is 1.60 bits per heavy atom. The molecule has 0 bridgehead atoms. The number of hydrogen-bond donors (Lipinski definition) is 2. The summed E-state index contributed by atoms with van der Waals surface area (Å²) in [6.45, 7) is 9.39. The van der Waals surface area contributed by atoms with Gasteiger partial charge in [-0.3, -0.25) is 9.45 Å². The van der Waals surface area contributed by atoms with E-state index in [0.29, 0.717) is 12.0 Å². The van der Waals surface area contributed by atoms with E-state index in [1.165, 1.54) is 27.8 Å². The molecule has 0 saturated heterocycles. The number of hydrogen-bond acceptors (Lipinski definition) is 4. The van der Waals surface area contributed by atoms with Crippen molar-refractivity contribution in [2.45, 2.75) is 57.3 Å². The van der Waals surface area contributed by atoms with E-state index in [9.17, 15) is 13.0 Å². The Bertz CT molecular complexity index is 1760. The maximum Gasteiger partial charge on any atom is 0.295 e. The Labute approximate surface area is 254 Å². The molecule has 0 spiro atoms. The molecule has 1 heterocycles. The topological polar surface area (TPSA) is 77.3 Å². The molecule has 43 heavy (non-hydrogen) atoms. The van der Waals surface area contributed by atoms with Crippen LogP contribution in [0.1, 0.15) is 35.6 Å². The van der Waals surface area contributed by atoms with Gasteiger partial charge in [-0.25, -0.2) is 0 Å². The normalized spacial score (nSPS) is 23.6. The number of nitrogens with one attached hydrogen (secondary N) is 1. The van der Waals surface area contributed by atoms with Gasteiger partial charge in [0.1, 0.15) is 40.3 Å². The Hall–Kier alpha value is -3.91.